The van der Waals surface area contributed by atoms with Gasteiger partial charge in [0.25, 0.3) is 0 Å². The van der Waals surface area contributed by atoms with Gasteiger partial charge in [-0.1, -0.05) is 36.4 Å². The summed E-state index contributed by atoms with van der Waals surface area (Å²) in [5.41, 5.74) is 6.86. The van der Waals surface area contributed by atoms with E-state index in [0.29, 0.717) is 22.8 Å². The van der Waals surface area contributed by atoms with Crippen molar-refractivity contribution in [3.8, 4) is 22.8 Å². The van der Waals surface area contributed by atoms with Crippen molar-refractivity contribution in [1.82, 2.24) is 14.8 Å². The maximum Gasteiger partial charge on any atom is 0.348 e. The van der Waals surface area contributed by atoms with E-state index in [1.807, 2.05) is 42.5 Å². The Labute approximate surface area is 136 Å². The third-order valence-corrected chi connectivity index (χ3v) is 3.94. The Bertz CT molecular complexity index is 1110. The van der Waals surface area contributed by atoms with Crippen molar-refractivity contribution in [1.29, 1.82) is 0 Å². The zero-order valence-electron chi connectivity index (χ0n) is 12.6. The van der Waals surface area contributed by atoms with Crippen molar-refractivity contribution < 1.29 is 5.11 Å². The van der Waals surface area contributed by atoms with Crippen LogP contribution in [0.1, 0.15) is 0 Å². The molecule has 0 spiro atoms. The van der Waals surface area contributed by atoms with Crippen LogP contribution < -0.4 is 11.4 Å². The molecule has 3 aromatic carbocycles. The molecule has 0 aliphatic carbocycles. The summed E-state index contributed by atoms with van der Waals surface area (Å²) in [6, 6.07) is 18.2. The van der Waals surface area contributed by atoms with E-state index in [-0.39, 0.29) is 11.4 Å². The number of nitrogens with two attached hydrogens (primary N) is 1. The molecule has 4 aromatic rings. The van der Waals surface area contributed by atoms with Crippen LogP contribution in [-0.4, -0.2) is 19.9 Å². The smallest absolute Gasteiger partial charge is 0.348 e. The highest BCUT2D eigenvalue weighted by Gasteiger charge is 2.17. The van der Waals surface area contributed by atoms with Gasteiger partial charge >= 0.3 is 5.69 Å². The average Bonchev–Trinajstić information content (AvgIpc) is 2.95. The second kappa shape index (κ2) is 5.27. The van der Waals surface area contributed by atoms with Crippen LogP contribution in [0.4, 0.5) is 5.69 Å². The number of benzene rings is 3. The van der Waals surface area contributed by atoms with Crippen molar-refractivity contribution >= 4 is 16.5 Å². The molecule has 6 heteroatoms. The van der Waals surface area contributed by atoms with Gasteiger partial charge in [0.05, 0.1) is 11.3 Å². The number of aromatic nitrogens is 3. The Balaban J connectivity index is 2.03. The fourth-order valence-corrected chi connectivity index (χ4v) is 2.84. The minimum absolute atomic E-state index is 0.0320. The van der Waals surface area contributed by atoms with Crippen molar-refractivity contribution in [2.75, 3.05) is 5.73 Å². The van der Waals surface area contributed by atoms with E-state index >= 15 is 0 Å². The first-order chi connectivity index (χ1) is 11.6. The fraction of sp³-hybridized carbons (Fsp3) is 0. The number of hydrogen-bond donors (Lipinski definition) is 3. The molecule has 1 heterocycles. The quantitative estimate of drug-likeness (QED) is 0.495. The summed E-state index contributed by atoms with van der Waals surface area (Å²) in [6.45, 7) is 0. The van der Waals surface area contributed by atoms with E-state index in [9.17, 15) is 9.90 Å². The Hall–Kier alpha value is -3.54. The molecular weight excluding hydrogens is 304 g/mol. The SMILES string of the molecule is Nc1ccc(-c2n[nH]c(=O)n2-c2cccc3ccccc23)c(O)c1. The van der Waals surface area contributed by atoms with Gasteiger partial charge in [-0.3, -0.25) is 0 Å². The summed E-state index contributed by atoms with van der Waals surface area (Å²) in [5, 5.41) is 18.7. The van der Waals surface area contributed by atoms with E-state index in [4.69, 9.17) is 5.73 Å². The third-order valence-electron chi connectivity index (χ3n) is 3.94. The van der Waals surface area contributed by atoms with Crippen LogP contribution in [0, 0.1) is 0 Å². The summed E-state index contributed by atoms with van der Waals surface area (Å²) in [7, 11) is 0. The van der Waals surface area contributed by atoms with Gasteiger partial charge < -0.3 is 10.8 Å². The lowest BCUT2D eigenvalue weighted by Crippen LogP contribution is -2.16. The average molecular weight is 318 g/mol. The molecule has 0 unspecified atom stereocenters. The predicted octanol–water partition coefficient (Wildman–Crippen LogP) is 2.67. The number of phenols is 1. The highest BCUT2D eigenvalue weighted by Crippen LogP contribution is 2.31. The summed E-state index contributed by atoms with van der Waals surface area (Å²) in [5.74, 6) is 0.296. The molecule has 0 radical (unpaired) electrons. The van der Waals surface area contributed by atoms with E-state index < -0.39 is 0 Å². The van der Waals surface area contributed by atoms with Gasteiger partial charge in [0.2, 0.25) is 0 Å². The number of hydrogen-bond acceptors (Lipinski definition) is 4. The van der Waals surface area contributed by atoms with E-state index in [1.54, 1.807) is 12.1 Å². The molecule has 0 saturated carbocycles. The standard InChI is InChI=1S/C18H14N4O2/c19-12-8-9-14(16(23)10-12)17-20-21-18(24)22(17)15-7-3-5-11-4-1-2-6-13(11)15/h1-10,23H,19H2,(H,21,24). The fourth-order valence-electron chi connectivity index (χ4n) is 2.84. The zero-order chi connectivity index (χ0) is 16.7. The number of H-pyrrole nitrogens is 1. The highest BCUT2D eigenvalue weighted by atomic mass is 16.3. The van der Waals surface area contributed by atoms with Gasteiger partial charge in [-0.15, -0.1) is 0 Å². The lowest BCUT2D eigenvalue weighted by atomic mass is 10.1. The molecular formula is C18H14N4O2. The number of nitrogen functional groups attached to an aromatic ring is 1. The molecule has 6 nitrogen and oxygen atoms in total. The highest BCUT2D eigenvalue weighted by molar-refractivity contribution is 5.90. The van der Waals surface area contributed by atoms with Crippen molar-refractivity contribution in [3.63, 3.8) is 0 Å². The first kappa shape index (κ1) is 14.1. The largest absolute Gasteiger partial charge is 0.507 e. The van der Waals surface area contributed by atoms with Gasteiger partial charge in [0.1, 0.15) is 5.75 Å². The number of nitrogens with one attached hydrogen (secondary N) is 1. The van der Waals surface area contributed by atoms with Crippen molar-refractivity contribution in [2.24, 2.45) is 0 Å². The maximum absolute atomic E-state index is 12.4. The second-order valence-corrected chi connectivity index (χ2v) is 5.46. The number of aromatic hydroxyl groups is 1. The molecule has 0 atom stereocenters. The van der Waals surface area contributed by atoms with Gasteiger partial charge in [-0.2, -0.15) is 5.10 Å². The van der Waals surface area contributed by atoms with E-state index in [1.165, 1.54) is 10.6 Å². The maximum atomic E-state index is 12.4. The molecule has 4 N–H and O–H groups in total. The normalized spacial score (nSPS) is 11.0. The van der Waals surface area contributed by atoms with Crippen molar-refractivity contribution in [3.05, 3.63) is 71.1 Å². The van der Waals surface area contributed by atoms with Crippen LogP contribution in [0.25, 0.3) is 27.8 Å². The van der Waals surface area contributed by atoms with Gasteiger partial charge in [-0.25, -0.2) is 14.5 Å². The lowest BCUT2D eigenvalue weighted by molar-refractivity contribution is 0.477. The number of fused-ring (bicyclic) bond motifs is 1. The van der Waals surface area contributed by atoms with Crippen molar-refractivity contribution in [2.45, 2.75) is 0 Å². The molecule has 0 aliphatic rings. The van der Waals surface area contributed by atoms with Gasteiger partial charge in [0.15, 0.2) is 5.82 Å². The number of anilines is 1. The summed E-state index contributed by atoms with van der Waals surface area (Å²) in [6.07, 6.45) is 0. The minimum Gasteiger partial charge on any atom is -0.507 e. The molecule has 0 amide bonds. The topological polar surface area (TPSA) is 96.9 Å². The van der Waals surface area contributed by atoms with Crippen LogP contribution in [0.2, 0.25) is 0 Å². The second-order valence-electron chi connectivity index (χ2n) is 5.46. The Morgan fingerprint density at radius 2 is 1.83 bits per heavy atom. The Morgan fingerprint density at radius 1 is 1.04 bits per heavy atom. The monoisotopic (exact) mass is 318 g/mol. The molecule has 24 heavy (non-hydrogen) atoms. The Kier molecular flexibility index (Phi) is 3.09. The van der Waals surface area contributed by atoms with Crippen LogP contribution >= 0.6 is 0 Å². The summed E-state index contributed by atoms with van der Waals surface area (Å²) >= 11 is 0. The first-order valence-corrected chi connectivity index (χ1v) is 7.39. The molecule has 1 aromatic heterocycles. The minimum atomic E-state index is -0.377. The van der Waals surface area contributed by atoms with Crippen LogP contribution in [0.5, 0.6) is 5.75 Å². The van der Waals surface area contributed by atoms with Gasteiger partial charge in [-0.05, 0) is 23.6 Å². The van der Waals surface area contributed by atoms with Crippen LogP contribution in [0.3, 0.4) is 0 Å². The number of nitrogens with zero attached hydrogens (tertiary/aromatic N) is 2. The number of phenolic OH excluding ortho intramolecular Hbond substituents is 1. The van der Waals surface area contributed by atoms with Crippen LogP contribution in [0.15, 0.2) is 65.5 Å². The molecule has 0 saturated heterocycles. The molecule has 0 fully saturated rings. The first-order valence-electron chi connectivity index (χ1n) is 7.39. The number of rotatable bonds is 2. The molecule has 0 bridgehead atoms. The zero-order valence-corrected chi connectivity index (χ0v) is 12.6. The molecule has 0 aliphatic heterocycles. The number of aromatic amines is 1. The van der Waals surface area contributed by atoms with Crippen LogP contribution in [-0.2, 0) is 0 Å². The summed E-state index contributed by atoms with van der Waals surface area (Å²) in [4.78, 5) is 12.4. The van der Waals surface area contributed by atoms with Gasteiger partial charge in [0, 0.05) is 17.1 Å². The summed E-state index contributed by atoms with van der Waals surface area (Å²) < 4.78 is 1.45. The molecule has 4 rings (SSSR count). The van der Waals surface area contributed by atoms with E-state index in [2.05, 4.69) is 10.2 Å². The van der Waals surface area contributed by atoms with E-state index in [0.717, 1.165) is 10.8 Å². The Morgan fingerprint density at radius 3 is 2.67 bits per heavy atom. The lowest BCUT2D eigenvalue weighted by Gasteiger charge is -2.10. The predicted molar refractivity (Wildman–Crippen MR) is 93.2 cm³/mol. The third kappa shape index (κ3) is 2.13. The molecule has 118 valence electrons.